The van der Waals surface area contributed by atoms with E-state index in [9.17, 15) is 4.39 Å². The fourth-order valence-electron chi connectivity index (χ4n) is 3.95. The van der Waals surface area contributed by atoms with Gasteiger partial charge in [-0.2, -0.15) is 0 Å². The summed E-state index contributed by atoms with van der Waals surface area (Å²) in [6, 6.07) is 8.71. The molecule has 0 N–H and O–H groups in total. The van der Waals surface area contributed by atoms with Crippen LogP contribution in [0.1, 0.15) is 44.2 Å². The molecule has 26 heavy (non-hydrogen) atoms. The highest BCUT2D eigenvalue weighted by molar-refractivity contribution is 5.76. The normalized spacial score (nSPS) is 15.7. The van der Waals surface area contributed by atoms with Crippen LogP contribution in [-0.4, -0.2) is 32.6 Å². The molecular formula is C20H24FN5. The number of imidazole rings is 1. The first-order valence-corrected chi connectivity index (χ1v) is 9.43. The highest BCUT2D eigenvalue weighted by Gasteiger charge is 2.26. The van der Waals surface area contributed by atoms with Crippen molar-refractivity contribution in [2.45, 2.75) is 45.6 Å². The number of anilines is 1. The number of hydrogen-bond donors (Lipinski definition) is 0. The second kappa shape index (κ2) is 7.02. The van der Waals surface area contributed by atoms with Gasteiger partial charge in [-0.15, -0.1) is 0 Å². The van der Waals surface area contributed by atoms with Gasteiger partial charge >= 0.3 is 0 Å². The third kappa shape index (κ3) is 2.83. The Morgan fingerprint density at radius 3 is 2.58 bits per heavy atom. The van der Waals surface area contributed by atoms with E-state index < -0.39 is 0 Å². The Hall–Kier alpha value is -2.50. The van der Waals surface area contributed by atoms with Gasteiger partial charge in [-0.3, -0.25) is 0 Å². The lowest BCUT2D eigenvalue weighted by Gasteiger charge is -2.34. The van der Waals surface area contributed by atoms with Gasteiger partial charge in [0.15, 0.2) is 11.6 Å². The number of piperidine rings is 1. The minimum Gasteiger partial charge on any atom is -0.354 e. The molecule has 0 aliphatic carbocycles. The average molecular weight is 353 g/mol. The van der Waals surface area contributed by atoms with Gasteiger partial charge < -0.3 is 9.47 Å². The molecule has 0 unspecified atom stereocenters. The Morgan fingerprint density at radius 1 is 1.08 bits per heavy atom. The first kappa shape index (κ1) is 16.9. The summed E-state index contributed by atoms with van der Waals surface area (Å²) in [5.41, 5.74) is 2.75. The third-order valence-electron chi connectivity index (χ3n) is 5.29. The molecule has 1 aliphatic rings. The minimum atomic E-state index is -0.268. The predicted molar refractivity (Wildman–Crippen MR) is 101 cm³/mol. The Morgan fingerprint density at radius 2 is 1.85 bits per heavy atom. The molecule has 3 heterocycles. The van der Waals surface area contributed by atoms with Crippen molar-refractivity contribution in [3.8, 4) is 0 Å². The average Bonchev–Trinajstić information content (AvgIpc) is 3.07. The van der Waals surface area contributed by atoms with Crippen LogP contribution in [0.5, 0.6) is 0 Å². The Kier molecular flexibility index (Phi) is 4.57. The van der Waals surface area contributed by atoms with Crippen LogP contribution in [0.4, 0.5) is 10.2 Å². The van der Waals surface area contributed by atoms with Gasteiger partial charge in [-0.25, -0.2) is 19.3 Å². The maximum Gasteiger partial charge on any atom is 0.187 e. The zero-order chi connectivity index (χ0) is 18.1. The number of fused-ring (bicyclic) bond motifs is 1. The maximum absolute atomic E-state index is 14.6. The molecule has 4 rings (SSSR count). The number of hydrogen-bond acceptors (Lipinski definition) is 4. The first-order valence-electron chi connectivity index (χ1n) is 9.43. The molecule has 0 atom stereocenters. The van der Waals surface area contributed by atoms with Crippen LogP contribution in [0.3, 0.4) is 0 Å². The van der Waals surface area contributed by atoms with E-state index in [-0.39, 0.29) is 5.82 Å². The zero-order valence-electron chi connectivity index (χ0n) is 15.3. The molecule has 1 saturated heterocycles. The van der Waals surface area contributed by atoms with Crippen molar-refractivity contribution < 1.29 is 4.39 Å². The molecule has 0 radical (unpaired) electrons. The predicted octanol–water partition coefficient (Wildman–Crippen LogP) is 3.93. The summed E-state index contributed by atoms with van der Waals surface area (Å²) in [5.74, 6) is 1.31. The topological polar surface area (TPSA) is 46.8 Å². The molecule has 1 aromatic carbocycles. The van der Waals surface area contributed by atoms with Crippen LogP contribution in [0.15, 0.2) is 30.6 Å². The minimum absolute atomic E-state index is 0.268. The summed E-state index contributed by atoms with van der Waals surface area (Å²) in [4.78, 5) is 15.1. The summed E-state index contributed by atoms with van der Waals surface area (Å²) >= 11 is 0. The molecule has 2 aromatic heterocycles. The van der Waals surface area contributed by atoms with Crippen molar-refractivity contribution >= 4 is 16.9 Å². The van der Waals surface area contributed by atoms with Gasteiger partial charge in [0.2, 0.25) is 0 Å². The van der Waals surface area contributed by atoms with E-state index in [2.05, 4.69) is 44.6 Å². The molecule has 1 aliphatic heterocycles. The highest BCUT2D eigenvalue weighted by Crippen LogP contribution is 2.31. The molecule has 0 saturated carbocycles. The molecule has 1 fully saturated rings. The Balaban J connectivity index is 1.58. The second-order valence-electron chi connectivity index (χ2n) is 6.77. The molecular weight excluding hydrogens is 329 g/mol. The van der Waals surface area contributed by atoms with Crippen molar-refractivity contribution in [3.05, 3.63) is 47.9 Å². The van der Waals surface area contributed by atoms with E-state index in [1.807, 2.05) is 13.0 Å². The number of aromatic nitrogens is 4. The number of nitrogens with zero attached hydrogens (tertiary/aromatic N) is 5. The van der Waals surface area contributed by atoms with Gasteiger partial charge in [0, 0.05) is 25.6 Å². The number of para-hydroxylation sites is 2. The van der Waals surface area contributed by atoms with Crippen LogP contribution in [-0.2, 0) is 12.8 Å². The molecule has 5 nitrogen and oxygen atoms in total. The smallest absolute Gasteiger partial charge is 0.187 e. The van der Waals surface area contributed by atoms with E-state index in [1.165, 1.54) is 11.8 Å². The molecule has 3 aromatic rings. The first-order chi connectivity index (χ1) is 12.7. The SMILES string of the molecule is CCc1ncnc(N2CCC(n3c(CC)nc4ccccc43)CC2)c1F. The number of halogens is 1. The Bertz CT molecular complexity index is 912. The van der Waals surface area contributed by atoms with Gasteiger partial charge in [0.05, 0.1) is 16.7 Å². The molecule has 0 amide bonds. The van der Waals surface area contributed by atoms with Gasteiger partial charge in [0.25, 0.3) is 0 Å². The van der Waals surface area contributed by atoms with E-state index in [0.717, 1.165) is 43.7 Å². The lowest BCUT2D eigenvalue weighted by atomic mass is 10.0. The van der Waals surface area contributed by atoms with Crippen molar-refractivity contribution in [3.63, 3.8) is 0 Å². The largest absolute Gasteiger partial charge is 0.354 e. The van der Waals surface area contributed by atoms with Gasteiger partial charge in [0.1, 0.15) is 12.2 Å². The fraction of sp³-hybridized carbons (Fsp3) is 0.450. The fourth-order valence-corrected chi connectivity index (χ4v) is 3.95. The van der Waals surface area contributed by atoms with E-state index in [4.69, 9.17) is 4.98 Å². The van der Waals surface area contributed by atoms with Crippen LogP contribution < -0.4 is 4.90 Å². The summed E-state index contributed by atoms with van der Waals surface area (Å²) in [5, 5.41) is 0. The number of benzene rings is 1. The van der Waals surface area contributed by atoms with Crippen LogP contribution in [0.2, 0.25) is 0 Å². The summed E-state index contributed by atoms with van der Waals surface area (Å²) in [7, 11) is 0. The summed E-state index contributed by atoms with van der Waals surface area (Å²) in [6.07, 6.45) is 4.88. The van der Waals surface area contributed by atoms with Crippen LogP contribution >= 0.6 is 0 Å². The summed E-state index contributed by atoms with van der Waals surface area (Å²) in [6.45, 7) is 5.64. The van der Waals surface area contributed by atoms with Crippen LogP contribution in [0.25, 0.3) is 11.0 Å². The molecule has 136 valence electrons. The maximum atomic E-state index is 14.6. The van der Waals surface area contributed by atoms with Gasteiger partial charge in [-0.05, 0) is 31.4 Å². The van der Waals surface area contributed by atoms with Crippen molar-refractivity contribution in [2.75, 3.05) is 18.0 Å². The van der Waals surface area contributed by atoms with Crippen molar-refractivity contribution in [1.82, 2.24) is 19.5 Å². The van der Waals surface area contributed by atoms with Gasteiger partial charge in [-0.1, -0.05) is 26.0 Å². The monoisotopic (exact) mass is 353 g/mol. The third-order valence-corrected chi connectivity index (χ3v) is 5.29. The standard InChI is InChI=1S/C20H24FN5/c1-3-15-19(21)20(23-13-22-15)25-11-9-14(10-12-25)26-17-8-6-5-7-16(17)24-18(26)4-2/h5-8,13-14H,3-4,9-12H2,1-2H3. The quantitative estimate of drug-likeness (QED) is 0.713. The van der Waals surface area contributed by atoms with E-state index >= 15 is 0 Å². The molecule has 6 heteroatoms. The zero-order valence-corrected chi connectivity index (χ0v) is 15.3. The molecule has 0 bridgehead atoms. The lowest BCUT2D eigenvalue weighted by Crippen LogP contribution is -2.36. The molecule has 0 spiro atoms. The summed E-state index contributed by atoms with van der Waals surface area (Å²) < 4.78 is 17.0. The highest BCUT2D eigenvalue weighted by atomic mass is 19.1. The number of rotatable bonds is 4. The lowest BCUT2D eigenvalue weighted by molar-refractivity contribution is 0.391. The number of aryl methyl sites for hydroxylation is 2. The Labute approximate surface area is 152 Å². The van der Waals surface area contributed by atoms with Crippen molar-refractivity contribution in [1.29, 1.82) is 0 Å². The second-order valence-corrected chi connectivity index (χ2v) is 6.77. The van der Waals surface area contributed by atoms with Crippen LogP contribution in [0, 0.1) is 5.82 Å². The van der Waals surface area contributed by atoms with E-state index in [1.54, 1.807) is 0 Å². The van der Waals surface area contributed by atoms with Crippen molar-refractivity contribution in [2.24, 2.45) is 0 Å². The van der Waals surface area contributed by atoms with E-state index in [0.29, 0.717) is 24.0 Å².